The minimum atomic E-state index is -4.73. The lowest BCUT2D eigenvalue weighted by atomic mass is 9.99. The highest BCUT2D eigenvalue weighted by Crippen LogP contribution is 2.34. The number of esters is 1. The number of carbonyl (C=O) groups is 1. The van der Waals surface area contributed by atoms with Gasteiger partial charge in [-0.1, -0.05) is 26.0 Å². The Balaban J connectivity index is 1.61. The van der Waals surface area contributed by atoms with Gasteiger partial charge in [-0.2, -0.15) is 13.2 Å². The predicted octanol–water partition coefficient (Wildman–Crippen LogP) is 4.77. The van der Waals surface area contributed by atoms with Crippen molar-refractivity contribution in [2.24, 2.45) is 5.92 Å². The van der Waals surface area contributed by atoms with Crippen LogP contribution in [-0.2, 0) is 27.2 Å². The van der Waals surface area contributed by atoms with Gasteiger partial charge in [0.05, 0.1) is 18.7 Å². The normalized spacial score (nSPS) is 16.3. The van der Waals surface area contributed by atoms with Crippen LogP contribution < -0.4 is 9.80 Å². The second kappa shape index (κ2) is 11.6. The molecule has 8 nitrogen and oxygen atoms in total. The Bertz CT molecular complexity index is 1530. The number of benzene rings is 2. The van der Waals surface area contributed by atoms with Gasteiger partial charge in [-0.15, -0.1) is 0 Å². The molecule has 1 unspecified atom stereocenters. The molecular weight excluding hydrogens is 564 g/mol. The highest BCUT2D eigenvalue weighted by Gasteiger charge is 2.38. The number of anilines is 2. The Morgan fingerprint density at radius 1 is 1.12 bits per heavy atom. The molecule has 4 rings (SSSR count). The first-order chi connectivity index (χ1) is 19.2. The van der Waals surface area contributed by atoms with Gasteiger partial charge < -0.3 is 14.5 Å². The van der Waals surface area contributed by atoms with E-state index in [0.717, 1.165) is 12.3 Å². The van der Waals surface area contributed by atoms with Crippen molar-refractivity contribution in [1.82, 2.24) is 9.97 Å². The molecule has 0 bridgehead atoms. The highest BCUT2D eigenvalue weighted by molar-refractivity contribution is 7.90. The Labute approximate surface area is 235 Å². The third-order valence-corrected chi connectivity index (χ3v) is 8.13. The van der Waals surface area contributed by atoms with Gasteiger partial charge in [-0.05, 0) is 41.8 Å². The molecule has 1 aromatic heterocycles. The number of rotatable bonds is 7. The minimum Gasteiger partial charge on any atom is -0.465 e. The number of sulfone groups is 1. The summed E-state index contributed by atoms with van der Waals surface area (Å²) >= 11 is 0. The monoisotopic (exact) mass is 594 g/mol. The van der Waals surface area contributed by atoms with Crippen molar-refractivity contribution in [2.45, 2.75) is 37.4 Å². The van der Waals surface area contributed by atoms with E-state index in [4.69, 9.17) is 0 Å². The smallest absolute Gasteiger partial charge is 0.433 e. The SMILES string of the molecule is COC(=O)c1ccc(Cc2cnc(N3CCN(c4ccc(F)c(S(C)(=O)=O)c4)CC3C(C)C)nc2C(F)(F)F)cc1. The number of ether oxygens (including phenoxy) is 1. The molecule has 0 saturated carbocycles. The summed E-state index contributed by atoms with van der Waals surface area (Å²) in [6.45, 7) is 4.78. The molecule has 0 spiro atoms. The number of halogens is 4. The number of hydrogen-bond donors (Lipinski definition) is 0. The maximum absolute atomic E-state index is 14.2. The van der Waals surface area contributed by atoms with Crippen molar-refractivity contribution >= 4 is 27.4 Å². The fraction of sp³-hybridized carbons (Fsp3) is 0.393. The lowest BCUT2D eigenvalue weighted by molar-refractivity contribution is -0.141. The quantitative estimate of drug-likeness (QED) is 0.286. The summed E-state index contributed by atoms with van der Waals surface area (Å²) in [6.07, 6.45) is -2.71. The average molecular weight is 595 g/mol. The zero-order chi connectivity index (χ0) is 30.1. The molecule has 0 radical (unpaired) electrons. The number of alkyl halides is 3. The van der Waals surface area contributed by atoms with E-state index in [0.29, 0.717) is 24.3 Å². The maximum Gasteiger partial charge on any atom is 0.433 e. The van der Waals surface area contributed by atoms with Gasteiger partial charge >= 0.3 is 12.1 Å². The first kappa shape index (κ1) is 30.2. The fourth-order valence-electron chi connectivity index (χ4n) is 4.84. The Hall–Kier alpha value is -3.74. The highest BCUT2D eigenvalue weighted by atomic mass is 32.2. The Kier molecular flexibility index (Phi) is 8.57. The van der Waals surface area contributed by atoms with Crippen molar-refractivity contribution in [1.29, 1.82) is 0 Å². The van der Waals surface area contributed by atoms with Crippen LogP contribution in [0.2, 0.25) is 0 Å². The Morgan fingerprint density at radius 2 is 1.80 bits per heavy atom. The van der Waals surface area contributed by atoms with Gasteiger partial charge in [0.15, 0.2) is 15.5 Å². The van der Waals surface area contributed by atoms with Gasteiger partial charge in [0, 0.05) is 49.8 Å². The third kappa shape index (κ3) is 6.77. The number of piperazine rings is 1. The van der Waals surface area contributed by atoms with Crippen LogP contribution in [-0.4, -0.2) is 63.4 Å². The topological polar surface area (TPSA) is 92.7 Å². The molecular formula is C28H30F4N4O4S. The van der Waals surface area contributed by atoms with Crippen LogP contribution in [0, 0.1) is 11.7 Å². The van der Waals surface area contributed by atoms with Crippen LogP contribution in [0.4, 0.5) is 29.2 Å². The number of methoxy groups -OCH3 is 1. The van der Waals surface area contributed by atoms with Gasteiger partial charge in [-0.3, -0.25) is 0 Å². The average Bonchev–Trinajstić information content (AvgIpc) is 2.92. The second-order valence-electron chi connectivity index (χ2n) is 10.2. The second-order valence-corrected chi connectivity index (χ2v) is 12.2. The molecule has 0 aliphatic carbocycles. The van der Waals surface area contributed by atoms with E-state index in [9.17, 15) is 30.8 Å². The standard InChI is InChI=1S/C28H30F4N4O4S/c1-17(2)23-16-35(21-9-10-22(29)24(14-21)41(4,38)39)11-12-36(23)27-33-15-20(25(34-27)28(30,31)32)13-18-5-7-19(8-6-18)26(37)40-3/h5-10,14-15,17,23H,11-13,16H2,1-4H3. The van der Waals surface area contributed by atoms with Crippen LogP contribution in [0.3, 0.4) is 0 Å². The largest absolute Gasteiger partial charge is 0.465 e. The third-order valence-electron chi connectivity index (χ3n) is 7.01. The van der Waals surface area contributed by atoms with E-state index in [-0.39, 0.29) is 42.0 Å². The van der Waals surface area contributed by atoms with Crippen LogP contribution in [0.25, 0.3) is 0 Å². The van der Waals surface area contributed by atoms with Crippen molar-refractivity contribution in [2.75, 3.05) is 42.8 Å². The number of nitrogens with zero attached hydrogens (tertiary/aromatic N) is 4. The van der Waals surface area contributed by atoms with Gasteiger partial charge in [0.25, 0.3) is 0 Å². The summed E-state index contributed by atoms with van der Waals surface area (Å²) in [5.74, 6) is -1.48. The maximum atomic E-state index is 14.2. The van der Waals surface area contributed by atoms with E-state index in [1.165, 1.54) is 37.6 Å². The molecule has 1 fully saturated rings. The molecule has 1 aliphatic heterocycles. The summed E-state index contributed by atoms with van der Waals surface area (Å²) < 4.78 is 85.3. The van der Waals surface area contributed by atoms with Gasteiger partial charge in [0.1, 0.15) is 10.7 Å². The zero-order valence-electron chi connectivity index (χ0n) is 22.9. The number of aromatic nitrogens is 2. The molecule has 1 atom stereocenters. The summed E-state index contributed by atoms with van der Waals surface area (Å²) in [4.78, 5) is 23.2. The van der Waals surface area contributed by atoms with Crippen molar-refractivity contribution in [3.8, 4) is 0 Å². The van der Waals surface area contributed by atoms with Crippen LogP contribution >= 0.6 is 0 Å². The molecule has 1 aliphatic rings. The van der Waals surface area contributed by atoms with Crippen molar-refractivity contribution in [3.05, 3.63) is 76.9 Å². The predicted molar refractivity (Wildman–Crippen MR) is 145 cm³/mol. The van der Waals surface area contributed by atoms with Gasteiger partial charge in [-0.25, -0.2) is 27.6 Å². The van der Waals surface area contributed by atoms with Gasteiger partial charge in [0.2, 0.25) is 5.95 Å². The molecule has 1 saturated heterocycles. The molecule has 0 amide bonds. The van der Waals surface area contributed by atoms with Crippen molar-refractivity contribution < 1.29 is 35.5 Å². The number of carbonyl (C=O) groups excluding carboxylic acids is 1. The molecule has 2 heterocycles. The first-order valence-electron chi connectivity index (χ1n) is 12.8. The van der Waals surface area contributed by atoms with E-state index in [2.05, 4.69) is 14.7 Å². The van der Waals surface area contributed by atoms with E-state index in [1.54, 1.807) is 17.0 Å². The fourth-order valence-corrected chi connectivity index (χ4v) is 5.60. The number of hydrogen-bond acceptors (Lipinski definition) is 8. The van der Waals surface area contributed by atoms with Crippen LogP contribution in [0.15, 0.2) is 53.6 Å². The summed E-state index contributed by atoms with van der Waals surface area (Å²) in [7, 11) is -2.55. The van der Waals surface area contributed by atoms with Crippen LogP contribution in [0.1, 0.15) is 41.0 Å². The van der Waals surface area contributed by atoms with E-state index < -0.39 is 38.4 Å². The molecule has 41 heavy (non-hydrogen) atoms. The lowest BCUT2D eigenvalue weighted by Gasteiger charge is -2.44. The van der Waals surface area contributed by atoms with Crippen LogP contribution in [0.5, 0.6) is 0 Å². The van der Waals surface area contributed by atoms with E-state index >= 15 is 0 Å². The molecule has 220 valence electrons. The molecule has 13 heteroatoms. The lowest BCUT2D eigenvalue weighted by Crippen LogP contribution is -2.56. The zero-order valence-corrected chi connectivity index (χ0v) is 23.8. The summed E-state index contributed by atoms with van der Waals surface area (Å²) in [5, 5.41) is 0. The summed E-state index contributed by atoms with van der Waals surface area (Å²) in [5.41, 5.74) is 0.182. The van der Waals surface area contributed by atoms with Crippen molar-refractivity contribution in [3.63, 3.8) is 0 Å². The molecule has 2 aromatic carbocycles. The first-order valence-corrected chi connectivity index (χ1v) is 14.7. The minimum absolute atomic E-state index is 0.0291. The molecule has 3 aromatic rings. The Morgan fingerprint density at radius 3 is 2.39 bits per heavy atom. The van der Waals surface area contributed by atoms with E-state index in [1.807, 2.05) is 18.7 Å². The molecule has 0 N–H and O–H groups in total. The summed E-state index contributed by atoms with van der Waals surface area (Å²) in [6, 6.07) is 9.63.